The Kier molecular flexibility index (Phi) is 1.94. The Morgan fingerprint density at radius 3 is 2.89 bits per heavy atom. The summed E-state index contributed by atoms with van der Waals surface area (Å²) in [7, 11) is 1.85. The van der Waals surface area contributed by atoms with Crippen molar-refractivity contribution in [2.75, 3.05) is 13.6 Å². The minimum absolute atomic E-state index is 0.403. The van der Waals surface area contributed by atoms with Crippen molar-refractivity contribution in [3.8, 4) is 0 Å². The van der Waals surface area contributed by atoms with Crippen molar-refractivity contribution < 1.29 is 9.90 Å². The number of rotatable bonds is 1. The van der Waals surface area contributed by atoms with Gasteiger partial charge in [-0.3, -0.25) is 4.79 Å². The van der Waals surface area contributed by atoms with E-state index in [1.807, 2.05) is 11.4 Å². The van der Waals surface area contributed by atoms with E-state index < -0.39 is 12.0 Å². The lowest BCUT2D eigenvalue weighted by molar-refractivity contribution is -0.138. The van der Waals surface area contributed by atoms with Crippen molar-refractivity contribution >= 4 is 18.1 Å². The van der Waals surface area contributed by atoms with Gasteiger partial charge in [0.2, 0.25) is 0 Å². The number of aliphatic carboxylic acids is 1. The number of hydrogen-bond donors (Lipinski definition) is 2. The van der Waals surface area contributed by atoms with Gasteiger partial charge in [-0.05, 0) is 7.05 Å². The van der Waals surface area contributed by atoms with Crippen molar-refractivity contribution in [2.24, 2.45) is 0 Å². The minimum atomic E-state index is -0.785. The summed E-state index contributed by atoms with van der Waals surface area (Å²) in [6, 6.07) is -0.403. The van der Waals surface area contributed by atoms with Crippen molar-refractivity contribution in [1.29, 1.82) is 0 Å². The molecule has 0 unspecified atom stereocenters. The molecule has 2 N–H and O–H groups in total. The maximum absolute atomic E-state index is 10.2. The van der Waals surface area contributed by atoms with Crippen LogP contribution in [0.2, 0.25) is 0 Å². The Labute approximate surface area is 57.5 Å². The third-order valence-corrected chi connectivity index (χ3v) is 1.94. The van der Waals surface area contributed by atoms with Gasteiger partial charge in [0.25, 0.3) is 0 Å². The molecule has 0 bridgehead atoms. The Morgan fingerprint density at radius 2 is 2.67 bits per heavy atom. The quantitative estimate of drug-likeness (QED) is 0.493. The lowest BCUT2D eigenvalue weighted by atomic mass is 10.3. The van der Waals surface area contributed by atoms with Crippen LogP contribution in [0, 0.1) is 0 Å². The molecule has 0 aromatic heterocycles. The number of nitrogens with one attached hydrogen (secondary N) is 1. The molecule has 1 aliphatic heterocycles. The first-order valence-corrected chi connectivity index (χ1v) is 3.34. The molecular weight excluding hydrogens is 140 g/mol. The van der Waals surface area contributed by atoms with Gasteiger partial charge in [0.05, 0.1) is 0 Å². The first-order valence-electron chi connectivity index (χ1n) is 2.56. The van der Waals surface area contributed by atoms with E-state index >= 15 is 0 Å². The first kappa shape index (κ1) is 6.85. The van der Waals surface area contributed by atoms with E-state index in [-0.39, 0.29) is 0 Å². The maximum atomic E-state index is 10.2. The van der Waals surface area contributed by atoms with Gasteiger partial charge >= 0.3 is 5.97 Å². The zero-order valence-corrected chi connectivity index (χ0v) is 5.81. The molecule has 0 aromatic rings. The van der Waals surface area contributed by atoms with E-state index in [0.29, 0.717) is 6.54 Å². The molecule has 1 saturated heterocycles. The van der Waals surface area contributed by atoms with Crippen LogP contribution in [0.1, 0.15) is 0 Å². The van der Waals surface area contributed by atoms with Crippen molar-refractivity contribution in [1.82, 2.24) is 9.03 Å². The molecule has 1 atom stereocenters. The molecule has 1 fully saturated rings. The number of carboxylic acid groups (broad SMARTS) is 1. The monoisotopic (exact) mass is 148 g/mol. The summed E-state index contributed by atoms with van der Waals surface area (Å²) in [6.45, 7) is 0.569. The highest BCUT2D eigenvalue weighted by Gasteiger charge is 2.25. The fourth-order valence-electron chi connectivity index (χ4n) is 0.614. The molecule has 0 aromatic carbocycles. The number of carboxylic acids is 1. The average Bonchev–Trinajstić information content (AvgIpc) is 2.14. The van der Waals surface area contributed by atoms with Crippen molar-refractivity contribution in [2.45, 2.75) is 6.04 Å². The summed E-state index contributed by atoms with van der Waals surface area (Å²) in [6.07, 6.45) is 0. The number of likely N-dealkylation sites (N-methyl/N-ethyl adjacent to an activating group) is 1. The standard InChI is InChI=1S/C4H8N2O2S/c1-6-2-3(4(7)8)5-9-6/h3,5H,2H2,1H3,(H,7,8)/t3-/m0/s1. The molecule has 0 radical (unpaired) electrons. The van der Waals surface area contributed by atoms with Gasteiger partial charge in [-0.1, -0.05) is 0 Å². The summed E-state index contributed by atoms with van der Waals surface area (Å²) in [5.74, 6) is -0.785. The average molecular weight is 148 g/mol. The SMILES string of the molecule is CN1C[C@@H](C(=O)O)NS1. The predicted molar refractivity (Wildman–Crippen MR) is 34.8 cm³/mol. The lowest BCUT2D eigenvalue weighted by Gasteiger charge is -2.00. The van der Waals surface area contributed by atoms with Crippen LogP contribution in [0.5, 0.6) is 0 Å². The minimum Gasteiger partial charge on any atom is -0.480 e. The highest BCUT2D eigenvalue weighted by Crippen LogP contribution is 2.12. The number of nitrogens with zero attached hydrogens (tertiary/aromatic N) is 1. The molecular formula is C4H8N2O2S. The normalized spacial score (nSPS) is 28.8. The van der Waals surface area contributed by atoms with Crippen LogP contribution in [-0.4, -0.2) is 35.0 Å². The summed E-state index contributed by atoms with van der Waals surface area (Å²) < 4.78 is 4.59. The van der Waals surface area contributed by atoms with Crippen LogP contribution < -0.4 is 4.72 Å². The van der Waals surface area contributed by atoms with Gasteiger partial charge in [0, 0.05) is 18.7 Å². The zero-order valence-electron chi connectivity index (χ0n) is 5.00. The molecule has 1 aliphatic rings. The molecule has 9 heavy (non-hydrogen) atoms. The molecule has 1 rings (SSSR count). The van der Waals surface area contributed by atoms with Gasteiger partial charge in [0.15, 0.2) is 0 Å². The van der Waals surface area contributed by atoms with Crippen molar-refractivity contribution in [3.63, 3.8) is 0 Å². The second kappa shape index (κ2) is 2.55. The van der Waals surface area contributed by atoms with Crippen LogP contribution in [-0.2, 0) is 4.79 Å². The first-order chi connectivity index (χ1) is 4.20. The van der Waals surface area contributed by atoms with E-state index in [4.69, 9.17) is 5.11 Å². The van der Waals surface area contributed by atoms with Crippen LogP contribution in [0.4, 0.5) is 0 Å². The third-order valence-electron chi connectivity index (χ3n) is 1.09. The predicted octanol–water partition coefficient (Wildman–Crippen LogP) is -0.462. The van der Waals surface area contributed by atoms with Crippen LogP contribution in [0.25, 0.3) is 0 Å². The molecule has 0 amide bonds. The van der Waals surface area contributed by atoms with E-state index in [1.165, 1.54) is 12.1 Å². The largest absolute Gasteiger partial charge is 0.480 e. The Bertz CT molecular complexity index is 130. The molecule has 1 heterocycles. The fraction of sp³-hybridized carbons (Fsp3) is 0.750. The number of hydrogen-bond acceptors (Lipinski definition) is 4. The van der Waals surface area contributed by atoms with E-state index in [9.17, 15) is 4.79 Å². The zero-order chi connectivity index (χ0) is 6.85. The van der Waals surface area contributed by atoms with Crippen molar-refractivity contribution in [3.05, 3.63) is 0 Å². The number of carbonyl (C=O) groups is 1. The van der Waals surface area contributed by atoms with Gasteiger partial charge in [-0.15, -0.1) is 0 Å². The Balaban J connectivity index is 2.39. The molecule has 52 valence electrons. The second-order valence-corrected chi connectivity index (χ2v) is 2.95. The van der Waals surface area contributed by atoms with E-state index in [2.05, 4.69) is 4.72 Å². The maximum Gasteiger partial charge on any atom is 0.322 e. The molecule has 0 aliphatic carbocycles. The molecule has 0 saturated carbocycles. The second-order valence-electron chi connectivity index (χ2n) is 1.91. The molecule has 0 spiro atoms. The fourth-order valence-corrected chi connectivity index (χ4v) is 1.32. The van der Waals surface area contributed by atoms with Gasteiger partial charge < -0.3 is 5.11 Å². The Hall–Kier alpha value is -0.260. The third kappa shape index (κ3) is 1.57. The van der Waals surface area contributed by atoms with E-state index in [0.717, 1.165) is 0 Å². The highest BCUT2D eigenvalue weighted by molar-refractivity contribution is 7.95. The van der Waals surface area contributed by atoms with Crippen LogP contribution >= 0.6 is 12.1 Å². The topological polar surface area (TPSA) is 52.6 Å². The van der Waals surface area contributed by atoms with E-state index in [1.54, 1.807) is 0 Å². The summed E-state index contributed by atoms with van der Waals surface area (Å²) in [5.41, 5.74) is 0. The van der Waals surface area contributed by atoms with Gasteiger partial charge in [-0.25, -0.2) is 9.03 Å². The van der Waals surface area contributed by atoms with Gasteiger partial charge in [-0.2, -0.15) is 0 Å². The Morgan fingerprint density at radius 1 is 2.00 bits per heavy atom. The smallest absolute Gasteiger partial charge is 0.322 e. The summed E-state index contributed by atoms with van der Waals surface area (Å²) in [5, 5.41) is 8.43. The van der Waals surface area contributed by atoms with Crippen LogP contribution in [0.15, 0.2) is 0 Å². The van der Waals surface area contributed by atoms with Gasteiger partial charge in [0.1, 0.15) is 6.04 Å². The summed E-state index contributed by atoms with van der Waals surface area (Å²) in [4.78, 5) is 10.2. The summed E-state index contributed by atoms with van der Waals surface area (Å²) >= 11 is 1.34. The van der Waals surface area contributed by atoms with Crippen LogP contribution in [0.3, 0.4) is 0 Å². The lowest BCUT2D eigenvalue weighted by Crippen LogP contribution is -2.31. The highest BCUT2D eigenvalue weighted by atomic mass is 32.2. The molecule has 4 nitrogen and oxygen atoms in total. The molecule has 5 heteroatoms.